The maximum Gasteiger partial charge on any atom is 0.343 e. The van der Waals surface area contributed by atoms with E-state index in [1.165, 1.54) is 11.8 Å². The minimum absolute atomic E-state index is 0.333. The van der Waals surface area contributed by atoms with Gasteiger partial charge < -0.3 is 9.64 Å². The van der Waals surface area contributed by atoms with E-state index in [0.29, 0.717) is 37.8 Å². The summed E-state index contributed by atoms with van der Waals surface area (Å²) in [5.74, 6) is 0.0455. The molecule has 1 heterocycles. The van der Waals surface area contributed by atoms with Gasteiger partial charge in [0.15, 0.2) is 0 Å². The summed E-state index contributed by atoms with van der Waals surface area (Å²) >= 11 is 18.5. The maximum absolute atomic E-state index is 12.0. The Morgan fingerprint density at radius 2 is 1.77 bits per heavy atom. The van der Waals surface area contributed by atoms with Crippen molar-refractivity contribution in [2.24, 2.45) is 0 Å². The Hall–Kier alpha value is -1.43. The number of methoxy groups -OCH3 is 1. The monoisotopic (exact) mass is 361 g/mol. The molecular formula is C14H14Cl3N3O2. The number of anilines is 1. The molecule has 0 atom stereocenters. The van der Waals surface area contributed by atoms with Gasteiger partial charge in [-0.05, 0) is 19.1 Å². The van der Waals surface area contributed by atoms with E-state index in [1.807, 2.05) is 0 Å². The van der Waals surface area contributed by atoms with E-state index in [2.05, 4.69) is 5.10 Å². The van der Waals surface area contributed by atoms with E-state index >= 15 is 0 Å². The highest BCUT2D eigenvalue weighted by Crippen LogP contribution is 2.36. The van der Waals surface area contributed by atoms with Gasteiger partial charge in [0.25, 0.3) is 0 Å². The van der Waals surface area contributed by atoms with Gasteiger partial charge in [-0.15, -0.1) is 0 Å². The Labute approximate surface area is 143 Å². The van der Waals surface area contributed by atoms with Crippen molar-refractivity contribution in [1.82, 2.24) is 9.78 Å². The van der Waals surface area contributed by atoms with Gasteiger partial charge in [0.1, 0.15) is 17.1 Å². The highest BCUT2D eigenvalue weighted by atomic mass is 35.5. The molecule has 118 valence electrons. The number of ether oxygens (including phenoxy) is 1. The smallest absolute Gasteiger partial charge is 0.343 e. The van der Waals surface area contributed by atoms with Crippen molar-refractivity contribution in [3.05, 3.63) is 38.5 Å². The highest BCUT2D eigenvalue weighted by Gasteiger charge is 2.26. The first-order valence-corrected chi connectivity index (χ1v) is 7.41. The SMILES string of the molecule is COC(=O)c1c(C)nn(-c2c(Cl)cc(Cl)cc2Cl)c1N(C)C. The molecule has 0 aliphatic heterocycles. The van der Waals surface area contributed by atoms with E-state index in [4.69, 9.17) is 39.5 Å². The Morgan fingerprint density at radius 1 is 1.23 bits per heavy atom. The van der Waals surface area contributed by atoms with Crippen molar-refractivity contribution in [3.63, 3.8) is 0 Å². The summed E-state index contributed by atoms with van der Waals surface area (Å²) in [6.45, 7) is 1.72. The molecule has 1 aromatic carbocycles. The molecule has 0 unspecified atom stereocenters. The zero-order chi connectivity index (χ0) is 16.6. The first kappa shape index (κ1) is 16.9. The Kier molecular flexibility index (Phi) is 4.90. The van der Waals surface area contributed by atoms with E-state index in [-0.39, 0.29) is 0 Å². The molecule has 0 bridgehead atoms. The number of aryl methyl sites for hydroxylation is 1. The van der Waals surface area contributed by atoms with Crippen molar-refractivity contribution in [2.75, 3.05) is 26.1 Å². The van der Waals surface area contributed by atoms with Crippen LogP contribution in [0.5, 0.6) is 0 Å². The topological polar surface area (TPSA) is 47.4 Å². The average Bonchev–Trinajstić information content (AvgIpc) is 2.74. The Morgan fingerprint density at radius 3 is 2.23 bits per heavy atom. The van der Waals surface area contributed by atoms with Gasteiger partial charge in [-0.1, -0.05) is 34.8 Å². The van der Waals surface area contributed by atoms with Crippen LogP contribution in [0.3, 0.4) is 0 Å². The number of halogens is 3. The molecule has 2 rings (SSSR count). The molecule has 22 heavy (non-hydrogen) atoms. The molecule has 5 nitrogen and oxygen atoms in total. The molecule has 0 aliphatic carbocycles. The summed E-state index contributed by atoms with van der Waals surface area (Å²) in [6.07, 6.45) is 0. The second kappa shape index (κ2) is 6.36. The summed E-state index contributed by atoms with van der Waals surface area (Å²) < 4.78 is 6.35. The van der Waals surface area contributed by atoms with Crippen LogP contribution >= 0.6 is 34.8 Å². The predicted octanol–water partition coefficient (Wildman–Crippen LogP) is 3.99. The summed E-state index contributed by atoms with van der Waals surface area (Å²) in [5.41, 5.74) is 1.32. The lowest BCUT2D eigenvalue weighted by Gasteiger charge is -2.18. The Bertz CT molecular complexity index is 718. The third-order valence-corrected chi connectivity index (χ3v) is 3.84. The van der Waals surface area contributed by atoms with Crippen molar-refractivity contribution in [2.45, 2.75) is 6.92 Å². The van der Waals surface area contributed by atoms with Gasteiger partial charge in [-0.25, -0.2) is 9.48 Å². The first-order valence-electron chi connectivity index (χ1n) is 6.28. The summed E-state index contributed by atoms with van der Waals surface area (Å²) in [6, 6.07) is 3.14. The van der Waals surface area contributed by atoms with Crippen LogP contribution in [-0.4, -0.2) is 37.0 Å². The van der Waals surface area contributed by atoms with Crippen LogP contribution in [0.15, 0.2) is 12.1 Å². The number of esters is 1. The minimum Gasteiger partial charge on any atom is -0.465 e. The summed E-state index contributed by atoms with van der Waals surface area (Å²) in [5, 5.41) is 5.47. The fraction of sp³-hybridized carbons (Fsp3) is 0.286. The van der Waals surface area contributed by atoms with Crippen LogP contribution in [0.2, 0.25) is 15.1 Å². The number of aromatic nitrogens is 2. The average molecular weight is 363 g/mol. The largest absolute Gasteiger partial charge is 0.465 e. The number of carbonyl (C=O) groups excluding carboxylic acids is 1. The van der Waals surface area contributed by atoms with Crippen LogP contribution < -0.4 is 4.90 Å². The lowest BCUT2D eigenvalue weighted by Crippen LogP contribution is -2.18. The van der Waals surface area contributed by atoms with Gasteiger partial charge in [-0.2, -0.15) is 5.10 Å². The van der Waals surface area contributed by atoms with Crippen LogP contribution in [0.1, 0.15) is 16.1 Å². The highest BCUT2D eigenvalue weighted by molar-refractivity contribution is 6.40. The summed E-state index contributed by atoms with van der Waals surface area (Å²) in [7, 11) is 4.90. The number of nitrogens with zero attached hydrogens (tertiary/aromatic N) is 3. The number of benzene rings is 1. The Balaban J connectivity index is 2.80. The minimum atomic E-state index is -0.478. The lowest BCUT2D eigenvalue weighted by atomic mass is 10.2. The van der Waals surface area contributed by atoms with Crippen molar-refractivity contribution in [3.8, 4) is 5.69 Å². The van der Waals surface area contributed by atoms with Crippen molar-refractivity contribution in [1.29, 1.82) is 0 Å². The quantitative estimate of drug-likeness (QED) is 0.775. The number of rotatable bonds is 3. The van der Waals surface area contributed by atoms with Crippen molar-refractivity contribution >= 4 is 46.6 Å². The molecule has 1 aromatic heterocycles. The van der Waals surface area contributed by atoms with E-state index < -0.39 is 5.97 Å². The van der Waals surface area contributed by atoms with E-state index in [9.17, 15) is 4.79 Å². The molecule has 2 aromatic rings. The number of hydrogen-bond acceptors (Lipinski definition) is 4. The van der Waals surface area contributed by atoms with Crippen LogP contribution in [0.25, 0.3) is 5.69 Å². The third-order valence-electron chi connectivity index (χ3n) is 3.04. The molecule has 0 radical (unpaired) electrons. The van der Waals surface area contributed by atoms with Crippen LogP contribution in [0, 0.1) is 6.92 Å². The van der Waals surface area contributed by atoms with Gasteiger partial charge >= 0.3 is 5.97 Å². The van der Waals surface area contributed by atoms with Gasteiger partial charge in [-0.3, -0.25) is 0 Å². The zero-order valence-electron chi connectivity index (χ0n) is 12.4. The first-order chi connectivity index (χ1) is 10.3. The molecular weight excluding hydrogens is 349 g/mol. The summed E-state index contributed by atoms with van der Waals surface area (Å²) in [4.78, 5) is 13.8. The molecule has 0 N–H and O–H groups in total. The lowest BCUT2D eigenvalue weighted by molar-refractivity contribution is 0.0600. The van der Waals surface area contributed by atoms with Crippen molar-refractivity contribution < 1.29 is 9.53 Å². The van der Waals surface area contributed by atoms with Crippen LogP contribution in [-0.2, 0) is 4.74 Å². The normalized spacial score (nSPS) is 10.7. The predicted molar refractivity (Wildman–Crippen MR) is 89.0 cm³/mol. The maximum atomic E-state index is 12.0. The van der Waals surface area contributed by atoms with Crippen LogP contribution in [0.4, 0.5) is 5.82 Å². The fourth-order valence-electron chi connectivity index (χ4n) is 2.16. The second-order valence-electron chi connectivity index (χ2n) is 4.80. The fourth-order valence-corrected chi connectivity index (χ4v) is 3.14. The van der Waals surface area contributed by atoms with Gasteiger partial charge in [0.2, 0.25) is 0 Å². The zero-order valence-corrected chi connectivity index (χ0v) is 14.7. The number of carbonyl (C=O) groups is 1. The second-order valence-corrected chi connectivity index (χ2v) is 6.05. The molecule has 0 fully saturated rings. The molecule has 0 saturated carbocycles. The molecule has 0 aliphatic rings. The molecule has 0 amide bonds. The molecule has 8 heteroatoms. The van der Waals surface area contributed by atoms with Gasteiger partial charge in [0.05, 0.1) is 22.8 Å². The standard InChI is InChI=1S/C14H14Cl3N3O2/c1-7-11(14(21)22-4)13(19(2)3)20(18-7)12-9(16)5-8(15)6-10(12)17/h5-6H,1-4H3. The van der Waals surface area contributed by atoms with Gasteiger partial charge in [0, 0.05) is 19.1 Å². The molecule has 0 saturated heterocycles. The van der Waals surface area contributed by atoms with E-state index in [1.54, 1.807) is 38.1 Å². The van der Waals surface area contributed by atoms with E-state index in [0.717, 1.165) is 0 Å². The molecule has 0 spiro atoms. The third kappa shape index (κ3) is 2.89. The number of hydrogen-bond donors (Lipinski definition) is 0.